The zero-order valence-electron chi connectivity index (χ0n) is 13.9. The second kappa shape index (κ2) is 7.27. The Bertz CT molecular complexity index is 896. The van der Waals surface area contributed by atoms with Gasteiger partial charge in [0.05, 0.1) is 17.9 Å². The van der Waals surface area contributed by atoms with Crippen molar-refractivity contribution in [1.29, 1.82) is 0 Å². The van der Waals surface area contributed by atoms with E-state index in [1.807, 2.05) is 0 Å². The Morgan fingerprint density at radius 3 is 2.42 bits per heavy atom. The van der Waals surface area contributed by atoms with E-state index < -0.39 is 17.6 Å². The lowest BCUT2D eigenvalue weighted by Crippen LogP contribution is -2.34. The first-order valence-corrected chi connectivity index (χ1v) is 8.28. The number of carbonyl (C=O) groups is 2. The van der Waals surface area contributed by atoms with Crippen LogP contribution in [-0.4, -0.2) is 42.0 Å². The molecular formula is C19H16ClFN2O3. The molecule has 7 heteroatoms. The first-order valence-electron chi connectivity index (χ1n) is 7.90. The molecule has 0 atom stereocenters. The van der Waals surface area contributed by atoms with E-state index in [0.717, 1.165) is 4.90 Å². The molecule has 0 saturated heterocycles. The van der Waals surface area contributed by atoms with Crippen LogP contribution in [0.25, 0.3) is 5.57 Å². The van der Waals surface area contributed by atoms with Gasteiger partial charge in [0.15, 0.2) is 0 Å². The van der Waals surface area contributed by atoms with Gasteiger partial charge < -0.3 is 10.0 Å². The minimum atomic E-state index is -0.524. The molecule has 0 radical (unpaired) electrons. The number of hydrogen-bond acceptors (Lipinski definition) is 4. The van der Waals surface area contributed by atoms with Crippen LogP contribution in [0.5, 0.6) is 0 Å². The fraction of sp³-hybridized carbons (Fsp3) is 0.158. The van der Waals surface area contributed by atoms with Crippen LogP contribution in [0.15, 0.2) is 54.2 Å². The summed E-state index contributed by atoms with van der Waals surface area (Å²) < 4.78 is 13.3. The predicted octanol–water partition coefficient (Wildman–Crippen LogP) is 2.69. The van der Waals surface area contributed by atoms with Crippen molar-refractivity contribution in [3.05, 3.63) is 70.6 Å². The van der Waals surface area contributed by atoms with Gasteiger partial charge in [-0.1, -0.05) is 29.8 Å². The van der Waals surface area contributed by atoms with E-state index >= 15 is 0 Å². The number of aliphatic hydroxyl groups excluding tert-OH is 1. The fourth-order valence-electron chi connectivity index (χ4n) is 2.86. The minimum absolute atomic E-state index is 0.149. The summed E-state index contributed by atoms with van der Waals surface area (Å²) in [6, 6.07) is 11.8. The molecule has 0 aromatic heterocycles. The van der Waals surface area contributed by atoms with E-state index in [0.29, 0.717) is 16.3 Å². The zero-order chi connectivity index (χ0) is 18.8. The molecule has 0 unspecified atom stereocenters. The number of amides is 2. The van der Waals surface area contributed by atoms with Crippen LogP contribution in [0.4, 0.5) is 10.1 Å². The van der Waals surface area contributed by atoms with E-state index in [4.69, 9.17) is 11.6 Å². The summed E-state index contributed by atoms with van der Waals surface area (Å²) >= 11 is 5.99. The average Bonchev–Trinajstić information content (AvgIpc) is 2.86. The van der Waals surface area contributed by atoms with Crippen molar-refractivity contribution in [1.82, 2.24) is 4.90 Å². The highest BCUT2D eigenvalue weighted by atomic mass is 35.5. The molecule has 2 amide bonds. The summed E-state index contributed by atoms with van der Waals surface area (Å²) in [5, 5.41) is 9.61. The predicted molar refractivity (Wildman–Crippen MR) is 97.0 cm³/mol. The molecule has 26 heavy (non-hydrogen) atoms. The number of likely N-dealkylation sites (N-methyl/N-ethyl adjacent to an activating group) is 1. The monoisotopic (exact) mass is 374 g/mol. The van der Waals surface area contributed by atoms with Gasteiger partial charge in [0.25, 0.3) is 11.8 Å². The molecule has 0 bridgehead atoms. The molecule has 0 spiro atoms. The first-order chi connectivity index (χ1) is 12.4. The third-order valence-corrected chi connectivity index (χ3v) is 4.31. The van der Waals surface area contributed by atoms with Crippen molar-refractivity contribution in [2.75, 3.05) is 25.1 Å². The van der Waals surface area contributed by atoms with Crippen LogP contribution in [0.3, 0.4) is 0 Å². The molecule has 134 valence electrons. The van der Waals surface area contributed by atoms with E-state index in [2.05, 4.69) is 0 Å². The summed E-state index contributed by atoms with van der Waals surface area (Å²) in [5.74, 6) is -1.49. The Balaban J connectivity index is 2.13. The molecule has 2 aromatic rings. The number of anilines is 1. The van der Waals surface area contributed by atoms with Gasteiger partial charge in [0, 0.05) is 18.6 Å². The quantitative estimate of drug-likeness (QED) is 0.817. The number of hydrogen-bond donors (Lipinski definition) is 1. The number of halogens is 2. The highest BCUT2D eigenvalue weighted by molar-refractivity contribution is 6.45. The number of aliphatic hydroxyl groups is 1. The molecule has 3 rings (SSSR count). The molecule has 0 fully saturated rings. The maximum Gasteiger partial charge on any atom is 0.282 e. The standard InChI is InChI=1S/C19H16ClFN2O3/c1-22(9-10-24)17-16(12-5-7-14(21)8-6-12)18(25)23(19(17)26)15-4-2-3-13(20)11-15/h2-8,11,24H,9-10H2,1H3. The molecule has 0 aliphatic carbocycles. The normalized spacial score (nSPS) is 14.4. The van der Waals surface area contributed by atoms with Crippen molar-refractivity contribution < 1.29 is 19.1 Å². The molecular weight excluding hydrogens is 359 g/mol. The van der Waals surface area contributed by atoms with E-state index in [1.54, 1.807) is 25.2 Å². The summed E-state index contributed by atoms with van der Waals surface area (Å²) in [5.41, 5.74) is 1.08. The Hall–Kier alpha value is -2.70. The molecule has 1 heterocycles. The average molecular weight is 375 g/mol. The van der Waals surface area contributed by atoms with Gasteiger partial charge >= 0.3 is 0 Å². The molecule has 0 saturated carbocycles. The van der Waals surface area contributed by atoms with Crippen molar-refractivity contribution >= 4 is 34.7 Å². The van der Waals surface area contributed by atoms with E-state index in [9.17, 15) is 19.1 Å². The van der Waals surface area contributed by atoms with Gasteiger partial charge in [-0.15, -0.1) is 0 Å². The Morgan fingerprint density at radius 2 is 1.81 bits per heavy atom. The highest BCUT2D eigenvalue weighted by Gasteiger charge is 2.41. The van der Waals surface area contributed by atoms with Crippen molar-refractivity contribution in [3.8, 4) is 0 Å². The van der Waals surface area contributed by atoms with Crippen LogP contribution >= 0.6 is 11.6 Å². The number of rotatable bonds is 5. The fourth-order valence-corrected chi connectivity index (χ4v) is 3.05. The van der Waals surface area contributed by atoms with Gasteiger partial charge in [-0.25, -0.2) is 9.29 Å². The number of imide groups is 1. The summed E-state index contributed by atoms with van der Waals surface area (Å²) in [6.07, 6.45) is 0. The van der Waals surface area contributed by atoms with Gasteiger partial charge in [-0.05, 0) is 35.9 Å². The minimum Gasteiger partial charge on any atom is -0.395 e. The number of nitrogens with zero attached hydrogens (tertiary/aromatic N) is 2. The zero-order valence-corrected chi connectivity index (χ0v) is 14.7. The molecule has 1 aliphatic rings. The Labute approximate surface area is 154 Å². The second-order valence-electron chi connectivity index (χ2n) is 5.80. The van der Waals surface area contributed by atoms with Gasteiger partial charge in [-0.3, -0.25) is 9.59 Å². The summed E-state index contributed by atoms with van der Waals surface area (Å²) in [7, 11) is 1.61. The summed E-state index contributed by atoms with van der Waals surface area (Å²) in [4.78, 5) is 28.6. The third-order valence-electron chi connectivity index (χ3n) is 4.08. The SMILES string of the molecule is CN(CCO)C1=C(c2ccc(F)cc2)C(=O)N(c2cccc(Cl)c2)C1=O. The van der Waals surface area contributed by atoms with Crippen LogP contribution < -0.4 is 4.90 Å². The highest BCUT2D eigenvalue weighted by Crippen LogP contribution is 2.35. The van der Waals surface area contributed by atoms with Gasteiger partial charge in [-0.2, -0.15) is 0 Å². The molecule has 1 N–H and O–H groups in total. The lowest BCUT2D eigenvalue weighted by molar-refractivity contribution is -0.120. The molecule has 5 nitrogen and oxygen atoms in total. The van der Waals surface area contributed by atoms with Gasteiger partial charge in [0.1, 0.15) is 11.5 Å². The molecule has 1 aliphatic heterocycles. The Kier molecular flexibility index (Phi) is 5.06. The van der Waals surface area contributed by atoms with Crippen LogP contribution in [-0.2, 0) is 9.59 Å². The maximum absolute atomic E-state index is 13.3. The lowest BCUT2D eigenvalue weighted by Gasteiger charge is -2.20. The summed E-state index contributed by atoms with van der Waals surface area (Å²) in [6.45, 7) is -0.0161. The Morgan fingerprint density at radius 1 is 1.12 bits per heavy atom. The van der Waals surface area contributed by atoms with Crippen molar-refractivity contribution in [3.63, 3.8) is 0 Å². The first kappa shape index (κ1) is 18.1. The topological polar surface area (TPSA) is 60.9 Å². The number of benzene rings is 2. The largest absolute Gasteiger partial charge is 0.395 e. The molecule has 2 aromatic carbocycles. The van der Waals surface area contributed by atoms with Crippen molar-refractivity contribution in [2.24, 2.45) is 0 Å². The van der Waals surface area contributed by atoms with Crippen molar-refractivity contribution in [2.45, 2.75) is 0 Å². The van der Waals surface area contributed by atoms with Crippen LogP contribution in [0.2, 0.25) is 5.02 Å². The van der Waals surface area contributed by atoms with E-state index in [-0.39, 0.29) is 24.4 Å². The van der Waals surface area contributed by atoms with E-state index in [1.165, 1.54) is 35.2 Å². The van der Waals surface area contributed by atoms with Crippen LogP contribution in [0, 0.1) is 5.82 Å². The smallest absolute Gasteiger partial charge is 0.282 e. The maximum atomic E-state index is 13.3. The number of carbonyl (C=O) groups excluding carboxylic acids is 2. The van der Waals surface area contributed by atoms with Crippen LogP contribution in [0.1, 0.15) is 5.56 Å². The lowest BCUT2D eigenvalue weighted by atomic mass is 10.0. The second-order valence-corrected chi connectivity index (χ2v) is 6.24. The van der Waals surface area contributed by atoms with Gasteiger partial charge in [0.2, 0.25) is 0 Å². The third kappa shape index (κ3) is 3.21.